The number of anilines is 2. The topological polar surface area (TPSA) is 49.4 Å². The number of hydrogen-bond acceptors (Lipinski definition) is 3. The maximum atomic E-state index is 12.8. The second-order valence-electron chi connectivity index (χ2n) is 8.72. The molecular formula is C24H30N2O2S. The fourth-order valence-corrected chi connectivity index (χ4v) is 4.77. The Morgan fingerprint density at radius 2 is 1.93 bits per heavy atom. The first-order valence-electron chi connectivity index (χ1n) is 10.2. The summed E-state index contributed by atoms with van der Waals surface area (Å²) in [5.41, 5.74) is 3.94. The molecule has 1 N–H and O–H groups in total. The summed E-state index contributed by atoms with van der Waals surface area (Å²) in [6, 6.07) is 16.0. The minimum absolute atomic E-state index is 0.00921. The molecule has 29 heavy (non-hydrogen) atoms. The molecule has 0 aliphatic carbocycles. The molecule has 1 fully saturated rings. The molecule has 4 nitrogen and oxygen atoms in total. The number of rotatable bonds is 6. The van der Waals surface area contributed by atoms with Gasteiger partial charge in [-0.2, -0.15) is 0 Å². The molecule has 1 aliphatic rings. The third-order valence-corrected chi connectivity index (χ3v) is 6.00. The van der Waals surface area contributed by atoms with Crippen LogP contribution in [0.15, 0.2) is 48.5 Å². The van der Waals surface area contributed by atoms with E-state index in [0.29, 0.717) is 12.2 Å². The lowest BCUT2D eigenvalue weighted by molar-refractivity contribution is -0.118. The Morgan fingerprint density at radius 3 is 2.66 bits per heavy atom. The van der Waals surface area contributed by atoms with Gasteiger partial charge in [0.1, 0.15) is 5.37 Å². The molecule has 0 saturated carbocycles. The Bertz CT molecular complexity index is 888. The van der Waals surface area contributed by atoms with Gasteiger partial charge in [0.05, 0.1) is 5.75 Å². The Morgan fingerprint density at radius 1 is 1.17 bits per heavy atom. The molecule has 2 aromatic carbocycles. The molecule has 5 heteroatoms. The summed E-state index contributed by atoms with van der Waals surface area (Å²) in [7, 11) is 0. The van der Waals surface area contributed by atoms with E-state index in [1.54, 1.807) is 11.8 Å². The average molecular weight is 411 g/mol. The molecule has 3 rings (SSSR count). The lowest BCUT2D eigenvalue weighted by atomic mass is 9.92. The monoisotopic (exact) mass is 410 g/mol. The van der Waals surface area contributed by atoms with Gasteiger partial charge in [-0.25, -0.2) is 0 Å². The molecule has 0 bridgehead atoms. The highest BCUT2D eigenvalue weighted by atomic mass is 32.2. The van der Waals surface area contributed by atoms with Crippen molar-refractivity contribution in [2.24, 2.45) is 5.41 Å². The summed E-state index contributed by atoms with van der Waals surface area (Å²) in [6.45, 7) is 8.30. The smallest absolute Gasteiger partial charge is 0.238 e. The summed E-state index contributed by atoms with van der Waals surface area (Å²) in [6.07, 6.45) is 2.44. The number of carbonyl (C=O) groups is 2. The van der Waals surface area contributed by atoms with Crippen LogP contribution in [-0.4, -0.2) is 17.6 Å². The quantitative estimate of drug-likeness (QED) is 0.655. The third kappa shape index (κ3) is 5.41. The largest absolute Gasteiger partial charge is 0.326 e. The van der Waals surface area contributed by atoms with Crippen LogP contribution in [-0.2, 0) is 16.0 Å². The normalized spacial score (nSPS) is 16.9. The van der Waals surface area contributed by atoms with E-state index in [9.17, 15) is 9.59 Å². The number of carbonyl (C=O) groups excluding carboxylic acids is 2. The zero-order chi connectivity index (χ0) is 21.0. The van der Waals surface area contributed by atoms with E-state index in [4.69, 9.17) is 0 Å². The Labute approximate surface area is 178 Å². The van der Waals surface area contributed by atoms with Crippen molar-refractivity contribution in [2.45, 2.75) is 52.3 Å². The molecule has 2 aromatic rings. The van der Waals surface area contributed by atoms with Crippen LogP contribution < -0.4 is 10.2 Å². The molecule has 0 aromatic heterocycles. The van der Waals surface area contributed by atoms with Crippen LogP contribution >= 0.6 is 11.8 Å². The molecular weight excluding hydrogens is 380 g/mol. The van der Waals surface area contributed by atoms with Crippen molar-refractivity contribution < 1.29 is 9.59 Å². The third-order valence-electron chi connectivity index (χ3n) is 4.78. The van der Waals surface area contributed by atoms with E-state index in [1.165, 1.54) is 5.56 Å². The van der Waals surface area contributed by atoms with Crippen molar-refractivity contribution in [1.29, 1.82) is 0 Å². The zero-order valence-corrected chi connectivity index (χ0v) is 18.5. The van der Waals surface area contributed by atoms with Gasteiger partial charge in [0.25, 0.3) is 0 Å². The predicted molar refractivity (Wildman–Crippen MR) is 122 cm³/mol. The molecule has 1 aliphatic heterocycles. The van der Waals surface area contributed by atoms with Crippen molar-refractivity contribution in [3.8, 4) is 0 Å². The number of nitrogens with one attached hydrogen (secondary N) is 1. The standard InChI is InChI=1S/C24H30N2O2S/c1-5-9-17-10-6-7-13-20(17)26-22(28)16-29-23(26)18-11-8-12-19(14-18)25-21(27)15-24(2,3)4/h6-8,10-14,23H,5,9,15-16H2,1-4H3,(H,25,27). The molecule has 0 radical (unpaired) electrons. The lowest BCUT2D eigenvalue weighted by Crippen LogP contribution is -2.29. The van der Waals surface area contributed by atoms with Crippen LogP contribution in [0.2, 0.25) is 0 Å². The van der Waals surface area contributed by atoms with Crippen LogP contribution in [0.5, 0.6) is 0 Å². The van der Waals surface area contributed by atoms with Crippen molar-refractivity contribution in [3.63, 3.8) is 0 Å². The van der Waals surface area contributed by atoms with Gasteiger partial charge in [-0.3, -0.25) is 14.5 Å². The van der Waals surface area contributed by atoms with E-state index >= 15 is 0 Å². The summed E-state index contributed by atoms with van der Waals surface area (Å²) < 4.78 is 0. The fraction of sp³-hybridized carbons (Fsp3) is 0.417. The second-order valence-corrected chi connectivity index (χ2v) is 9.79. The van der Waals surface area contributed by atoms with Crippen LogP contribution in [0.4, 0.5) is 11.4 Å². The second kappa shape index (κ2) is 9.04. The van der Waals surface area contributed by atoms with E-state index < -0.39 is 0 Å². The number of aryl methyl sites for hydroxylation is 1. The fourth-order valence-electron chi connectivity index (χ4n) is 3.61. The van der Waals surface area contributed by atoms with E-state index in [0.717, 1.165) is 29.8 Å². The van der Waals surface area contributed by atoms with E-state index in [2.05, 4.69) is 39.1 Å². The molecule has 2 amide bonds. The summed E-state index contributed by atoms with van der Waals surface area (Å²) in [4.78, 5) is 27.0. The molecule has 1 atom stereocenters. The van der Waals surface area contributed by atoms with Crippen LogP contribution in [0, 0.1) is 5.41 Å². The SMILES string of the molecule is CCCc1ccccc1N1C(=O)CSC1c1cccc(NC(=O)CC(C)(C)C)c1. The molecule has 0 spiro atoms. The first-order chi connectivity index (χ1) is 13.8. The molecule has 1 heterocycles. The minimum atomic E-state index is -0.0834. The highest BCUT2D eigenvalue weighted by Gasteiger charge is 2.35. The van der Waals surface area contributed by atoms with Gasteiger partial charge in [-0.1, -0.05) is 64.4 Å². The van der Waals surface area contributed by atoms with Gasteiger partial charge in [0.2, 0.25) is 11.8 Å². The van der Waals surface area contributed by atoms with E-state index in [1.807, 2.05) is 47.4 Å². The van der Waals surface area contributed by atoms with Gasteiger partial charge < -0.3 is 5.32 Å². The average Bonchev–Trinajstić information content (AvgIpc) is 3.02. The number of nitrogens with zero attached hydrogens (tertiary/aromatic N) is 1. The molecule has 154 valence electrons. The highest BCUT2D eigenvalue weighted by Crippen LogP contribution is 2.43. The maximum Gasteiger partial charge on any atom is 0.238 e. The van der Waals surface area contributed by atoms with Crippen molar-refractivity contribution in [1.82, 2.24) is 0 Å². The van der Waals surface area contributed by atoms with Crippen LogP contribution in [0.3, 0.4) is 0 Å². The molecule has 1 saturated heterocycles. The number of benzene rings is 2. The van der Waals surface area contributed by atoms with Gasteiger partial charge in [0.15, 0.2) is 0 Å². The van der Waals surface area contributed by atoms with Gasteiger partial charge in [-0.05, 0) is 41.2 Å². The Balaban J connectivity index is 1.86. The van der Waals surface area contributed by atoms with Gasteiger partial charge in [-0.15, -0.1) is 11.8 Å². The van der Waals surface area contributed by atoms with E-state index in [-0.39, 0.29) is 22.6 Å². The molecule has 1 unspecified atom stereocenters. The highest BCUT2D eigenvalue weighted by molar-refractivity contribution is 8.00. The maximum absolute atomic E-state index is 12.8. The summed E-state index contributed by atoms with van der Waals surface area (Å²) >= 11 is 1.63. The van der Waals surface area contributed by atoms with Gasteiger partial charge in [0, 0.05) is 17.8 Å². The van der Waals surface area contributed by atoms with Crippen molar-refractivity contribution in [3.05, 3.63) is 59.7 Å². The number of thioether (sulfide) groups is 1. The van der Waals surface area contributed by atoms with Crippen LogP contribution in [0.1, 0.15) is 57.0 Å². The Hall–Kier alpha value is -2.27. The predicted octanol–water partition coefficient (Wildman–Crippen LogP) is 5.79. The van der Waals surface area contributed by atoms with Crippen molar-refractivity contribution >= 4 is 35.0 Å². The number of amides is 2. The Kier molecular flexibility index (Phi) is 6.68. The van der Waals surface area contributed by atoms with Gasteiger partial charge >= 0.3 is 0 Å². The lowest BCUT2D eigenvalue weighted by Gasteiger charge is -2.27. The summed E-state index contributed by atoms with van der Waals surface area (Å²) in [5, 5.41) is 2.92. The minimum Gasteiger partial charge on any atom is -0.326 e. The van der Waals surface area contributed by atoms with Crippen molar-refractivity contribution in [2.75, 3.05) is 16.0 Å². The first-order valence-corrected chi connectivity index (χ1v) is 11.2. The first kappa shape index (κ1) is 21.4. The number of hydrogen-bond donors (Lipinski definition) is 1. The zero-order valence-electron chi connectivity index (χ0n) is 17.7. The number of para-hydroxylation sites is 1. The summed E-state index contributed by atoms with van der Waals surface area (Å²) in [5.74, 6) is 0.604. The van der Waals surface area contributed by atoms with Crippen LogP contribution in [0.25, 0.3) is 0 Å².